The Hall–Kier alpha value is 0. The zero-order valence-electron chi connectivity index (χ0n) is 20.7. The van der Waals surface area contributed by atoms with Crippen molar-refractivity contribution in [3.63, 3.8) is 0 Å². The van der Waals surface area contributed by atoms with Crippen LogP contribution < -0.4 is 0 Å². The molecule has 0 radical (unpaired) electrons. The van der Waals surface area contributed by atoms with Gasteiger partial charge in [-0.05, 0) is 127 Å². The van der Waals surface area contributed by atoms with Gasteiger partial charge in [-0.2, -0.15) is 0 Å². The van der Waals surface area contributed by atoms with Crippen LogP contribution >= 0.6 is 0 Å². The molecular formula is C27H44. The summed E-state index contributed by atoms with van der Waals surface area (Å²) in [4.78, 5) is 0. The zero-order valence-corrected chi connectivity index (χ0v) is 18.7. The van der Waals surface area contributed by atoms with Crippen LogP contribution in [0.4, 0.5) is 0 Å². The fourth-order valence-corrected chi connectivity index (χ4v) is 10.5. The fraction of sp³-hybridized carbons (Fsp3) is 1.00. The molecule has 27 heavy (non-hydrogen) atoms. The third-order valence-electron chi connectivity index (χ3n) is 11.3. The average molecular weight is 373 g/mol. The molecule has 6 aliphatic rings. The molecule has 6 fully saturated rings. The maximum atomic E-state index is 9.35. The van der Waals surface area contributed by atoms with E-state index in [-0.39, 0.29) is 12.8 Å². The van der Waals surface area contributed by atoms with Crippen LogP contribution in [0.5, 0.6) is 0 Å². The Labute approximate surface area is 171 Å². The summed E-state index contributed by atoms with van der Waals surface area (Å²) in [7, 11) is 0. The van der Waals surface area contributed by atoms with Gasteiger partial charge in [-0.25, -0.2) is 0 Å². The van der Waals surface area contributed by atoms with E-state index in [9.17, 15) is 2.74 Å². The average Bonchev–Trinajstić information content (AvgIpc) is 3.35. The second-order valence-corrected chi connectivity index (χ2v) is 14.1. The van der Waals surface area contributed by atoms with E-state index in [4.69, 9.17) is 0 Å². The highest BCUT2D eigenvalue weighted by Gasteiger charge is 2.66. The van der Waals surface area contributed by atoms with Gasteiger partial charge < -0.3 is 0 Å². The highest BCUT2D eigenvalue weighted by atomic mass is 14.7. The summed E-state index contributed by atoms with van der Waals surface area (Å²) in [6.45, 7) is 15.0. The second kappa shape index (κ2) is 5.18. The van der Waals surface area contributed by atoms with Crippen molar-refractivity contribution in [1.29, 1.82) is 0 Å². The molecule has 12 atom stereocenters. The van der Waals surface area contributed by atoms with Crippen LogP contribution in [0.1, 0.15) is 95.6 Å². The summed E-state index contributed by atoms with van der Waals surface area (Å²) in [5.74, 6) is 7.36. The molecule has 0 aliphatic heterocycles. The molecule has 0 aromatic carbocycles. The molecule has 6 rings (SSSR count). The van der Waals surface area contributed by atoms with Gasteiger partial charge in [0.15, 0.2) is 0 Å². The summed E-state index contributed by atoms with van der Waals surface area (Å²) in [6.07, 6.45) is 8.52. The minimum atomic E-state index is 0.169. The lowest BCUT2D eigenvalue weighted by molar-refractivity contribution is -0.0318. The molecule has 12 unspecified atom stereocenters. The number of fused-ring (bicyclic) bond motifs is 6. The molecular weight excluding hydrogens is 324 g/mol. The molecule has 0 saturated heterocycles. The van der Waals surface area contributed by atoms with Crippen molar-refractivity contribution in [3.8, 4) is 0 Å². The topological polar surface area (TPSA) is 0 Å². The largest absolute Gasteiger partial charge is 0.0596 e. The summed E-state index contributed by atoms with van der Waals surface area (Å²) >= 11 is 0. The van der Waals surface area contributed by atoms with E-state index in [0.29, 0.717) is 39.9 Å². The first-order chi connectivity index (χ1) is 13.4. The molecule has 0 heterocycles. The Morgan fingerprint density at radius 1 is 0.630 bits per heavy atom. The van der Waals surface area contributed by atoms with Crippen molar-refractivity contribution in [1.82, 2.24) is 0 Å². The van der Waals surface area contributed by atoms with E-state index in [1.807, 2.05) is 0 Å². The highest BCUT2D eigenvalue weighted by Crippen LogP contribution is 2.73. The first kappa shape index (κ1) is 15.8. The first-order valence-corrected chi connectivity index (χ1v) is 12.3. The van der Waals surface area contributed by atoms with E-state index in [1.54, 1.807) is 0 Å². The summed E-state index contributed by atoms with van der Waals surface area (Å²) < 4.78 is 18.6. The Morgan fingerprint density at radius 3 is 2.00 bits per heavy atom. The van der Waals surface area contributed by atoms with Crippen LogP contribution in [0, 0.1) is 75.4 Å². The van der Waals surface area contributed by atoms with Gasteiger partial charge in [0.2, 0.25) is 0 Å². The molecule has 152 valence electrons. The van der Waals surface area contributed by atoms with Crippen molar-refractivity contribution >= 4 is 0 Å². The van der Waals surface area contributed by atoms with E-state index in [0.717, 1.165) is 35.5 Å². The number of hydrogen-bond acceptors (Lipinski definition) is 0. The van der Waals surface area contributed by atoms with Gasteiger partial charge in [-0.3, -0.25) is 0 Å². The number of hydrogen-bond donors (Lipinski definition) is 0. The molecule has 0 aromatic heterocycles. The molecule has 6 aliphatic carbocycles. The normalized spacial score (nSPS) is 65.0. The summed E-state index contributed by atoms with van der Waals surface area (Å²) in [6, 6.07) is 0. The van der Waals surface area contributed by atoms with Gasteiger partial charge in [-0.15, -0.1) is 0 Å². The Balaban J connectivity index is 1.38. The predicted molar refractivity (Wildman–Crippen MR) is 113 cm³/mol. The minimum Gasteiger partial charge on any atom is -0.0596 e. The SMILES string of the molecule is [3H]C1C2CC(C1C1C3CC(C1C1C4CC(C1[3H])C(C)(C)C4)C(C)(C)C3)C(C)(C)C2. The third-order valence-corrected chi connectivity index (χ3v) is 11.3. The lowest BCUT2D eigenvalue weighted by atomic mass is 9.53. The van der Waals surface area contributed by atoms with Gasteiger partial charge in [0.05, 0.1) is 0 Å². The highest BCUT2D eigenvalue weighted by molar-refractivity contribution is 5.14. The fourth-order valence-electron chi connectivity index (χ4n) is 10.5. The summed E-state index contributed by atoms with van der Waals surface area (Å²) in [5.41, 5.74) is 1.31. The van der Waals surface area contributed by atoms with Gasteiger partial charge >= 0.3 is 0 Å². The molecule has 0 spiro atoms. The van der Waals surface area contributed by atoms with Gasteiger partial charge in [0.1, 0.15) is 0 Å². The van der Waals surface area contributed by atoms with Crippen LogP contribution in [0.3, 0.4) is 0 Å². The molecule has 0 aromatic rings. The maximum absolute atomic E-state index is 9.35. The van der Waals surface area contributed by atoms with E-state index < -0.39 is 0 Å². The first-order valence-electron chi connectivity index (χ1n) is 13.4. The summed E-state index contributed by atoms with van der Waals surface area (Å²) in [5, 5.41) is 0. The molecule has 0 amide bonds. The number of rotatable bonds is 2. The van der Waals surface area contributed by atoms with Crippen LogP contribution in [0.15, 0.2) is 0 Å². The smallest absolute Gasteiger partial charge is 0.0273 e. The molecule has 0 N–H and O–H groups in total. The van der Waals surface area contributed by atoms with E-state index in [1.165, 1.54) is 38.5 Å². The minimum absolute atomic E-state index is 0.169. The van der Waals surface area contributed by atoms with Crippen molar-refractivity contribution in [2.45, 2.75) is 92.9 Å². The van der Waals surface area contributed by atoms with Crippen LogP contribution in [-0.2, 0) is 0 Å². The Morgan fingerprint density at radius 2 is 1.33 bits per heavy atom. The van der Waals surface area contributed by atoms with Crippen molar-refractivity contribution < 1.29 is 2.74 Å². The van der Waals surface area contributed by atoms with Gasteiger partial charge in [0.25, 0.3) is 0 Å². The van der Waals surface area contributed by atoms with Crippen LogP contribution in [0.2, 0.25) is 0 Å². The monoisotopic (exact) mass is 372 g/mol. The van der Waals surface area contributed by atoms with E-state index in [2.05, 4.69) is 41.5 Å². The van der Waals surface area contributed by atoms with Gasteiger partial charge in [0, 0.05) is 2.74 Å². The Bertz CT molecular complexity index is 705. The maximum Gasteiger partial charge on any atom is 0.0273 e. The van der Waals surface area contributed by atoms with Gasteiger partial charge in [-0.1, -0.05) is 41.5 Å². The van der Waals surface area contributed by atoms with Crippen molar-refractivity contribution in [3.05, 3.63) is 0 Å². The standard InChI is InChI=1S/C27H44/c1-25(2)13-16-9-18(25)11-19(16)24-22-10-17(14-27(22,5)6)23(24)20-7-15-8-21(20)26(3,4)12-15/h15-24H,7-14H2,1-6H3/i7T,11T. The molecule has 6 bridgehead atoms. The van der Waals surface area contributed by atoms with E-state index >= 15 is 0 Å². The molecule has 0 nitrogen and oxygen atoms in total. The lowest BCUT2D eigenvalue weighted by Gasteiger charge is -2.51. The Kier molecular flexibility index (Phi) is 3.03. The predicted octanol–water partition coefficient (Wildman–Crippen LogP) is 7.43. The lowest BCUT2D eigenvalue weighted by Crippen LogP contribution is -2.45. The molecule has 6 saturated carbocycles. The van der Waals surface area contributed by atoms with Crippen LogP contribution in [0.25, 0.3) is 0 Å². The van der Waals surface area contributed by atoms with Crippen molar-refractivity contribution in [2.75, 3.05) is 0 Å². The van der Waals surface area contributed by atoms with Crippen molar-refractivity contribution in [2.24, 2.45) is 75.4 Å². The molecule has 0 heteroatoms. The van der Waals surface area contributed by atoms with Crippen LogP contribution in [-0.4, -0.2) is 0 Å². The second-order valence-electron chi connectivity index (χ2n) is 14.1. The zero-order chi connectivity index (χ0) is 20.7. The quantitative estimate of drug-likeness (QED) is 0.473. The third kappa shape index (κ3) is 2.28.